The highest BCUT2D eigenvalue weighted by Gasteiger charge is 2.06. The van der Waals surface area contributed by atoms with Crippen molar-refractivity contribution in [2.75, 3.05) is 6.61 Å². The monoisotopic (exact) mass is 352 g/mol. The lowest BCUT2D eigenvalue weighted by atomic mass is 10.0. The molecule has 0 amide bonds. The maximum atomic E-state index is 5.90. The zero-order valence-electron chi connectivity index (χ0n) is 14.2. The largest absolute Gasteiger partial charge is 0.493 e. The second-order valence-corrected chi connectivity index (χ2v) is 6.20. The third kappa shape index (κ3) is 4.52. The smallest absolute Gasteiger partial charge is 0.128 e. The molecule has 0 saturated heterocycles. The van der Waals surface area contributed by atoms with Gasteiger partial charge in [0.05, 0.1) is 19.4 Å². The van der Waals surface area contributed by atoms with Crippen molar-refractivity contribution in [2.45, 2.75) is 19.9 Å². The molecule has 128 valence electrons. The lowest BCUT2D eigenvalue weighted by Crippen LogP contribution is -2.06. The zero-order chi connectivity index (χ0) is 17.5. The first kappa shape index (κ1) is 17.3. The van der Waals surface area contributed by atoms with Crippen molar-refractivity contribution in [1.29, 1.82) is 0 Å². The molecule has 3 aromatic rings. The van der Waals surface area contributed by atoms with Gasteiger partial charge in [-0.1, -0.05) is 61.0 Å². The fourth-order valence-corrected chi connectivity index (χ4v) is 2.72. The summed E-state index contributed by atoms with van der Waals surface area (Å²) in [6.45, 7) is 3.43. The molecule has 0 spiro atoms. The van der Waals surface area contributed by atoms with Crippen LogP contribution in [0.25, 0.3) is 10.8 Å². The molecule has 0 unspecified atom stereocenters. The van der Waals surface area contributed by atoms with Crippen molar-refractivity contribution in [3.8, 4) is 5.75 Å². The summed E-state index contributed by atoms with van der Waals surface area (Å²) in [6.07, 6.45) is 2.81. The molecule has 0 aromatic heterocycles. The summed E-state index contributed by atoms with van der Waals surface area (Å²) in [5.41, 5.74) is 5.21. The Bertz CT molecular complexity index is 859. The van der Waals surface area contributed by atoms with E-state index in [1.54, 1.807) is 0 Å². The van der Waals surface area contributed by atoms with Crippen LogP contribution in [0, 0.1) is 0 Å². The Kier molecular flexibility index (Phi) is 5.91. The Hall–Kier alpha value is -2.52. The van der Waals surface area contributed by atoms with Gasteiger partial charge in [0.25, 0.3) is 0 Å². The second kappa shape index (κ2) is 8.54. The van der Waals surface area contributed by atoms with Gasteiger partial charge in [-0.15, -0.1) is 0 Å². The lowest BCUT2D eigenvalue weighted by molar-refractivity contribution is 0.317. The summed E-state index contributed by atoms with van der Waals surface area (Å²) < 4.78 is 5.89. The van der Waals surface area contributed by atoms with Crippen LogP contribution in [0.1, 0.15) is 24.5 Å². The molecule has 0 saturated carbocycles. The van der Waals surface area contributed by atoms with E-state index < -0.39 is 0 Å². The third-order valence-electron chi connectivity index (χ3n) is 3.87. The summed E-state index contributed by atoms with van der Waals surface area (Å²) in [5.74, 6) is 0.859. The average Bonchev–Trinajstić information content (AvgIpc) is 2.65. The molecule has 0 aliphatic rings. The van der Waals surface area contributed by atoms with E-state index in [0.29, 0.717) is 13.2 Å². The molecule has 3 rings (SSSR count). The van der Waals surface area contributed by atoms with Crippen LogP contribution in [0.4, 0.5) is 0 Å². The number of rotatable bonds is 7. The standard InChI is InChI=1S/C21H21ClN2O/c1-2-13-25-21-12-9-17-5-3-4-6-19(17)20(21)15-24-23-14-16-7-10-18(22)11-8-16/h3-12,15,23H,2,13-14H2,1H3/b24-15-. The molecule has 3 nitrogen and oxygen atoms in total. The van der Waals surface area contributed by atoms with E-state index in [9.17, 15) is 0 Å². The molecule has 0 fully saturated rings. The number of hydrogen-bond acceptors (Lipinski definition) is 3. The van der Waals surface area contributed by atoms with E-state index in [-0.39, 0.29) is 0 Å². The molecule has 25 heavy (non-hydrogen) atoms. The molecule has 0 aliphatic carbocycles. The predicted molar refractivity (Wildman–Crippen MR) is 106 cm³/mol. The van der Waals surface area contributed by atoms with Gasteiger partial charge in [-0.05, 0) is 41.0 Å². The van der Waals surface area contributed by atoms with Crippen LogP contribution in [0.3, 0.4) is 0 Å². The summed E-state index contributed by atoms with van der Waals surface area (Å²) in [7, 11) is 0. The number of nitrogens with one attached hydrogen (secondary N) is 1. The maximum Gasteiger partial charge on any atom is 0.128 e. The molecule has 0 bridgehead atoms. The predicted octanol–water partition coefficient (Wildman–Crippen LogP) is 5.41. The molecule has 0 aliphatic heterocycles. The first-order chi connectivity index (χ1) is 12.3. The number of ether oxygens (including phenoxy) is 1. The Balaban J connectivity index is 1.79. The average molecular weight is 353 g/mol. The highest BCUT2D eigenvalue weighted by atomic mass is 35.5. The molecule has 1 N–H and O–H groups in total. The van der Waals surface area contributed by atoms with E-state index in [4.69, 9.17) is 16.3 Å². The summed E-state index contributed by atoms with van der Waals surface area (Å²) in [6, 6.07) is 20.1. The van der Waals surface area contributed by atoms with Crippen molar-refractivity contribution in [3.05, 3.63) is 76.8 Å². The number of halogens is 1. The van der Waals surface area contributed by atoms with Crippen LogP contribution in [0.15, 0.2) is 65.8 Å². The summed E-state index contributed by atoms with van der Waals surface area (Å²) in [4.78, 5) is 0. The molecule has 0 radical (unpaired) electrons. The minimum Gasteiger partial charge on any atom is -0.493 e. The number of hydrogen-bond donors (Lipinski definition) is 1. The zero-order valence-corrected chi connectivity index (χ0v) is 15.0. The van der Waals surface area contributed by atoms with E-state index in [1.807, 2.05) is 48.7 Å². The van der Waals surface area contributed by atoms with E-state index in [0.717, 1.165) is 33.7 Å². The Morgan fingerprint density at radius 1 is 1.04 bits per heavy atom. The van der Waals surface area contributed by atoms with Gasteiger partial charge in [-0.25, -0.2) is 0 Å². The lowest BCUT2D eigenvalue weighted by Gasteiger charge is -2.11. The van der Waals surface area contributed by atoms with Crippen LogP contribution in [-0.4, -0.2) is 12.8 Å². The molecule has 0 atom stereocenters. The van der Waals surface area contributed by atoms with Crippen molar-refractivity contribution in [1.82, 2.24) is 5.43 Å². The number of benzene rings is 3. The quantitative estimate of drug-likeness (QED) is 0.456. The maximum absolute atomic E-state index is 5.90. The van der Waals surface area contributed by atoms with Crippen LogP contribution in [-0.2, 0) is 6.54 Å². The second-order valence-electron chi connectivity index (χ2n) is 5.77. The van der Waals surface area contributed by atoms with Crippen molar-refractivity contribution in [2.24, 2.45) is 5.10 Å². The number of fused-ring (bicyclic) bond motifs is 1. The summed E-state index contributed by atoms with van der Waals surface area (Å²) in [5, 5.41) is 7.43. The minimum atomic E-state index is 0.642. The normalized spacial score (nSPS) is 11.1. The van der Waals surface area contributed by atoms with Crippen LogP contribution >= 0.6 is 11.6 Å². The molecule has 4 heteroatoms. The highest BCUT2D eigenvalue weighted by molar-refractivity contribution is 6.30. The van der Waals surface area contributed by atoms with Crippen molar-refractivity contribution >= 4 is 28.6 Å². The van der Waals surface area contributed by atoms with Gasteiger partial charge in [0.15, 0.2) is 0 Å². The van der Waals surface area contributed by atoms with Gasteiger partial charge in [0.1, 0.15) is 5.75 Å². The Morgan fingerprint density at radius 2 is 1.84 bits per heavy atom. The van der Waals surface area contributed by atoms with E-state index in [1.165, 1.54) is 5.39 Å². The molecule has 3 aromatic carbocycles. The van der Waals surface area contributed by atoms with Gasteiger partial charge in [0.2, 0.25) is 0 Å². The van der Waals surface area contributed by atoms with Crippen LogP contribution in [0.2, 0.25) is 5.02 Å². The van der Waals surface area contributed by atoms with Crippen molar-refractivity contribution in [3.63, 3.8) is 0 Å². The third-order valence-corrected chi connectivity index (χ3v) is 4.13. The van der Waals surface area contributed by atoms with E-state index in [2.05, 4.69) is 35.7 Å². The fraction of sp³-hybridized carbons (Fsp3) is 0.190. The van der Waals surface area contributed by atoms with Crippen LogP contribution < -0.4 is 10.2 Å². The fourth-order valence-electron chi connectivity index (χ4n) is 2.60. The SMILES string of the molecule is CCCOc1ccc2ccccc2c1/C=N\NCc1ccc(Cl)cc1. The van der Waals surface area contributed by atoms with Crippen LogP contribution in [0.5, 0.6) is 5.75 Å². The highest BCUT2D eigenvalue weighted by Crippen LogP contribution is 2.26. The van der Waals surface area contributed by atoms with Gasteiger partial charge < -0.3 is 10.2 Å². The van der Waals surface area contributed by atoms with Gasteiger partial charge in [0, 0.05) is 10.6 Å². The first-order valence-electron chi connectivity index (χ1n) is 8.43. The van der Waals surface area contributed by atoms with E-state index >= 15 is 0 Å². The first-order valence-corrected chi connectivity index (χ1v) is 8.80. The Labute approximate surface area is 153 Å². The molecule has 0 heterocycles. The molecular formula is C21H21ClN2O. The van der Waals surface area contributed by atoms with Gasteiger partial charge in [-0.2, -0.15) is 5.10 Å². The number of nitrogens with zero attached hydrogens (tertiary/aromatic N) is 1. The molecular weight excluding hydrogens is 332 g/mol. The Morgan fingerprint density at radius 3 is 2.64 bits per heavy atom. The van der Waals surface area contributed by atoms with Gasteiger partial charge in [-0.3, -0.25) is 0 Å². The van der Waals surface area contributed by atoms with Crippen molar-refractivity contribution < 1.29 is 4.74 Å². The topological polar surface area (TPSA) is 33.6 Å². The summed E-state index contributed by atoms with van der Waals surface area (Å²) >= 11 is 5.90. The number of hydrazone groups is 1. The minimum absolute atomic E-state index is 0.642. The van der Waals surface area contributed by atoms with Gasteiger partial charge >= 0.3 is 0 Å².